The van der Waals surface area contributed by atoms with Crippen molar-refractivity contribution in [3.05, 3.63) is 47.8 Å². The highest BCUT2D eigenvalue weighted by Gasteiger charge is 2.11. The predicted molar refractivity (Wildman–Crippen MR) is 86.2 cm³/mol. The lowest BCUT2D eigenvalue weighted by Gasteiger charge is -2.17. The number of amides is 1. The number of carbonyl (C=O) groups excluding carboxylic acids is 1. The van der Waals surface area contributed by atoms with Crippen LogP contribution >= 0.6 is 11.8 Å². The zero-order valence-corrected chi connectivity index (χ0v) is 13.6. The van der Waals surface area contributed by atoms with E-state index < -0.39 is 0 Å². The van der Waals surface area contributed by atoms with Crippen molar-refractivity contribution in [2.45, 2.75) is 25.0 Å². The number of carbonyl (C=O) groups is 1. The summed E-state index contributed by atoms with van der Waals surface area (Å²) < 4.78 is 1.92. The smallest absolute Gasteiger partial charge is 0.233 e. The van der Waals surface area contributed by atoms with E-state index in [4.69, 9.17) is 0 Å². The van der Waals surface area contributed by atoms with Gasteiger partial charge in [-0.2, -0.15) is 0 Å². The quantitative estimate of drug-likeness (QED) is 0.770. The zero-order chi connectivity index (χ0) is 15.2. The van der Waals surface area contributed by atoms with E-state index in [1.165, 1.54) is 17.3 Å². The first-order valence-electron chi connectivity index (χ1n) is 7.02. The maximum Gasteiger partial charge on any atom is 0.233 e. The van der Waals surface area contributed by atoms with E-state index in [0.717, 1.165) is 17.1 Å². The van der Waals surface area contributed by atoms with Gasteiger partial charge >= 0.3 is 0 Å². The highest BCUT2D eigenvalue weighted by atomic mass is 32.2. The van der Waals surface area contributed by atoms with Crippen LogP contribution in [0.5, 0.6) is 0 Å². The fourth-order valence-corrected chi connectivity index (χ4v) is 2.84. The zero-order valence-electron chi connectivity index (χ0n) is 12.7. The van der Waals surface area contributed by atoms with Gasteiger partial charge in [0.05, 0.1) is 5.75 Å². The van der Waals surface area contributed by atoms with E-state index in [-0.39, 0.29) is 5.91 Å². The van der Waals surface area contributed by atoms with Crippen LogP contribution in [0.15, 0.2) is 41.8 Å². The van der Waals surface area contributed by atoms with Gasteiger partial charge in [-0.3, -0.25) is 4.79 Å². The first kappa shape index (κ1) is 15.6. The Morgan fingerprint density at radius 1 is 1.29 bits per heavy atom. The van der Waals surface area contributed by atoms with Crippen molar-refractivity contribution in [3.8, 4) is 0 Å². The number of rotatable bonds is 6. The van der Waals surface area contributed by atoms with Gasteiger partial charge in [-0.25, -0.2) is 4.98 Å². The van der Waals surface area contributed by atoms with E-state index in [0.29, 0.717) is 12.3 Å². The number of aromatic nitrogens is 2. The molecule has 2 rings (SSSR count). The van der Waals surface area contributed by atoms with Crippen LogP contribution in [0.2, 0.25) is 0 Å². The van der Waals surface area contributed by atoms with Gasteiger partial charge in [-0.05, 0) is 17.5 Å². The van der Waals surface area contributed by atoms with Gasteiger partial charge in [0.2, 0.25) is 5.91 Å². The van der Waals surface area contributed by atoms with Crippen molar-refractivity contribution in [2.24, 2.45) is 7.05 Å². The largest absolute Gasteiger partial charge is 0.341 e. The lowest BCUT2D eigenvalue weighted by atomic mass is 10.1. The molecule has 0 aliphatic carbocycles. The van der Waals surface area contributed by atoms with E-state index in [9.17, 15) is 4.79 Å². The van der Waals surface area contributed by atoms with Gasteiger partial charge in [0, 0.05) is 33.0 Å². The van der Waals surface area contributed by atoms with Gasteiger partial charge in [-0.15, -0.1) is 0 Å². The van der Waals surface area contributed by atoms with E-state index in [2.05, 4.69) is 36.2 Å². The molecule has 0 fully saturated rings. The van der Waals surface area contributed by atoms with Crippen molar-refractivity contribution < 1.29 is 4.79 Å². The molecule has 0 aliphatic rings. The summed E-state index contributed by atoms with van der Waals surface area (Å²) in [7, 11) is 3.77. The minimum atomic E-state index is 0.113. The van der Waals surface area contributed by atoms with Crippen LogP contribution in [0, 0.1) is 0 Å². The molecule has 1 amide bonds. The molecule has 0 radical (unpaired) electrons. The Morgan fingerprint density at radius 2 is 1.95 bits per heavy atom. The fraction of sp³-hybridized carbons (Fsp3) is 0.375. The van der Waals surface area contributed by atoms with Crippen LogP contribution in [0.3, 0.4) is 0 Å². The van der Waals surface area contributed by atoms with Crippen LogP contribution in [0.1, 0.15) is 18.1 Å². The first-order chi connectivity index (χ1) is 10.1. The SMILES string of the molecule is CCc1ccc(CN(C)C(=O)CSc2nccn2C)cc1. The van der Waals surface area contributed by atoms with Gasteiger partial charge in [0.15, 0.2) is 5.16 Å². The number of nitrogens with zero attached hydrogens (tertiary/aromatic N) is 3. The molecule has 21 heavy (non-hydrogen) atoms. The Kier molecular flexibility index (Phi) is 5.44. The lowest BCUT2D eigenvalue weighted by Crippen LogP contribution is -2.27. The molecule has 0 saturated carbocycles. The highest BCUT2D eigenvalue weighted by Crippen LogP contribution is 2.15. The molecular weight excluding hydrogens is 282 g/mol. The van der Waals surface area contributed by atoms with Gasteiger partial charge in [-0.1, -0.05) is 43.0 Å². The van der Waals surface area contributed by atoms with Crippen molar-refractivity contribution in [1.82, 2.24) is 14.5 Å². The van der Waals surface area contributed by atoms with Crippen LogP contribution in [0.25, 0.3) is 0 Å². The number of hydrogen-bond acceptors (Lipinski definition) is 3. The summed E-state index contributed by atoms with van der Waals surface area (Å²) in [6, 6.07) is 8.43. The molecule has 1 aromatic heterocycles. The van der Waals surface area contributed by atoms with Gasteiger partial charge in [0.25, 0.3) is 0 Å². The van der Waals surface area contributed by atoms with E-state index in [1.54, 1.807) is 11.1 Å². The Bertz CT molecular complexity index is 592. The standard InChI is InChI=1S/C16H21N3OS/c1-4-13-5-7-14(8-6-13)11-19(3)15(20)12-21-16-17-9-10-18(16)2/h5-10H,4,11-12H2,1-3H3. The topological polar surface area (TPSA) is 38.1 Å². The highest BCUT2D eigenvalue weighted by molar-refractivity contribution is 7.99. The number of imidazole rings is 1. The number of thioether (sulfide) groups is 1. The second-order valence-electron chi connectivity index (χ2n) is 5.03. The number of benzene rings is 1. The van der Waals surface area contributed by atoms with Crippen molar-refractivity contribution in [2.75, 3.05) is 12.8 Å². The maximum atomic E-state index is 12.1. The molecule has 0 bridgehead atoms. The number of hydrogen-bond donors (Lipinski definition) is 0. The Morgan fingerprint density at radius 3 is 2.52 bits per heavy atom. The van der Waals surface area contributed by atoms with Crippen LogP contribution < -0.4 is 0 Å². The second-order valence-corrected chi connectivity index (χ2v) is 5.97. The molecule has 4 nitrogen and oxygen atoms in total. The molecule has 2 aromatic rings. The average molecular weight is 303 g/mol. The van der Waals surface area contributed by atoms with Crippen LogP contribution in [-0.4, -0.2) is 33.2 Å². The molecule has 1 heterocycles. The third-order valence-electron chi connectivity index (χ3n) is 3.38. The molecule has 0 aliphatic heterocycles. The minimum Gasteiger partial charge on any atom is -0.341 e. The normalized spacial score (nSPS) is 10.6. The fourth-order valence-electron chi connectivity index (χ4n) is 1.97. The van der Waals surface area contributed by atoms with E-state index >= 15 is 0 Å². The summed E-state index contributed by atoms with van der Waals surface area (Å²) in [6.45, 7) is 2.78. The molecular formula is C16H21N3OS. The van der Waals surface area contributed by atoms with Crippen molar-refractivity contribution in [1.29, 1.82) is 0 Å². The third-order valence-corrected chi connectivity index (χ3v) is 4.42. The van der Waals surface area contributed by atoms with Crippen molar-refractivity contribution in [3.63, 3.8) is 0 Å². The monoisotopic (exact) mass is 303 g/mol. The summed E-state index contributed by atoms with van der Waals surface area (Å²) in [5.74, 6) is 0.525. The predicted octanol–water partition coefficient (Wildman–Crippen LogP) is 2.73. The molecule has 0 spiro atoms. The summed E-state index contributed by atoms with van der Waals surface area (Å²) in [5.41, 5.74) is 2.48. The summed E-state index contributed by atoms with van der Waals surface area (Å²) >= 11 is 1.47. The maximum absolute atomic E-state index is 12.1. The molecule has 1 aromatic carbocycles. The lowest BCUT2D eigenvalue weighted by molar-refractivity contribution is -0.127. The Balaban J connectivity index is 1.85. The summed E-state index contributed by atoms with van der Waals surface area (Å²) in [5, 5.41) is 0.865. The first-order valence-corrected chi connectivity index (χ1v) is 8.00. The molecule has 5 heteroatoms. The molecule has 0 unspecified atom stereocenters. The Hall–Kier alpha value is -1.75. The Labute approximate surface area is 130 Å². The molecule has 0 N–H and O–H groups in total. The second kappa shape index (κ2) is 7.31. The molecule has 0 atom stereocenters. The minimum absolute atomic E-state index is 0.113. The van der Waals surface area contributed by atoms with Crippen LogP contribution in [-0.2, 0) is 24.8 Å². The van der Waals surface area contributed by atoms with Crippen LogP contribution in [0.4, 0.5) is 0 Å². The van der Waals surface area contributed by atoms with Gasteiger partial charge in [0.1, 0.15) is 0 Å². The molecule has 0 saturated heterocycles. The number of aryl methyl sites for hydroxylation is 2. The van der Waals surface area contributed by atoms with E-state index in [1.807, 2.05) is 24.9 Å². The van der Waals surface area contributed by atoms with Gasteiger partial charge < -0.3 is 9.47 Å². The molecule has 112 valence electrons. The van der Waals surface area contributed by atoms with Crippen molar-refractivity contribution >= 4 is 17.7 Å². The summed E-state index contributed by atoms with van der Waals surface area (Å²) in [6.07, 6.45) is 4.66. The third kappa shape index (κ3) is 4.36. The summed E-state index contributed by atoms with van der Waals surface area (Å²) in [4.78, 5) is 18.1. The average Bonchev–Trinajstić information content (AvgIpc) is 2.90.